The van der Waals surface area contributed by atoms with E-state index < -0.39 is 0 Å². The highest BCUT2D eigenvalue weighted by atomic mass is 16.2. The Kier molecular flexibility index (Phi) is 4.63. The predicted molar refractivity (Wildman–Crippen MR) is 83.2 cm³/mol. The van der Waals surface area contributed by atoms with Gasteiger partial charge in [-0.05, 0) is 49.4 Å². The Bertz CT molecular complexity index is 545. The fourth-order valence-electron chi connectivity index (χ4n) is 2.82. The van der Waals surface area contributed by atoms with Gasteiger partial charge in [-0.3, -0.25) is 9.59 Å². The van der Waals surface area contributed by atoms with Gasteiger partial charge in [0.1, 0.15) is 0 Å². The van der Waals surface area contributed by atoms with Crippen molar-refractivity contribution in [1.29, 1.82) is 0 Å². The summed E-state index contributed by atoms with van der Waals surface area (Å²) in [7, 11) is 1.59. The molecule has 0 bridgehead atoms. The number of nitrogens with one attached hydrogen (secondary N) is 2. The lowest BCUT2D eigenvalue weighted by Gasteiger charge is -2.40. The molecule has 5 heteroatoms. The van der Waals surface area contributed by atoms with Crippen molar-refractivity contribution in [2.24, 2.45) is 11.1 Å². The largest absolute Gasteiger partial charge is 0.355 e. The van der Waals surface area contributed by atoms with E-state index in [9.17, 15) is 9.59 Å². The molecule has 0 radical (unpaired) electrons. The van der Waals surface area contributed by atoms with Crippen LogP contribution in [0, 0.1) is 12.3 Å². The summed E-state index contributed by atoms with van der Waals surface area (Å²) in [5.41, 5.74) is 7.81. The van der Waals surface area contributed by atoms with E-state index in [2.05, 4.69) is 10.6 Å². The topological polar surface area (TPSA) is 84.2 Å². The zero-order chi connectivity index (χ0) is 15.5. The minimum absolute atomic E-state index is 0.0175. The quantitative estimate of drug-likeness (QED) is 0.773. The van der Waals surface area contributed by atoms with Crippen LogP contribution in [0.5, 0.6) is 0 Å². The molecule has 2 rings (SSSR count). The predicted octanol–water partition coefficient (Wildman–Crippen LogP) is 1.81. The molecule has 114 valence electrons. The lowest BCUT2D eigenvalue weighted by atomic mass is 9.66. The highest BCUT2D eigenvalue weighted by Gasteiger charge is 2.37. The van der Waals surface area contributed by atoms with Crippen LogP contribution >= 0.6 is 0 Å². The van der Waals surface area contributed by atoms with Crippen molar-refractivity contribution in [1.82, 2.24) is 5.32 Å². The zero-order valence-electron chi connectivity index (χ0n) is 12.7. The first kappa shape index (κ1) is 15.5. The minimum atomic E-state index is -0.152. The van der Waals surface area contributed by atoms with Crippen LogP contribution in [0.3, 0.4) is 0 Å². The van der Waals surface area contributed by atoms with Gasteiger partial charge in [-0.1, -0.05) is 12.5 Å². The lowest BCUT2D eigenvalue weighted by molar-refractivity contribution is -0.119. The average Bonchev–Trinajstić information content (AvgIpc) is 2.44. The van der Waals surface area contributed by atoms with E-state index in [0.717, 1.165) is 24.8 Å². The Labute approximate surface area is 125 Å². The monoisotopic (exact) mass is 289 g/mol. The van der Waals surface area contributed by atoms with Crippen LogP contribution in [-0.2, 0) is 4.79 Å². The summed E-state index contributed by atoms with van der Waals surface area (Å²) in [6, 6.07) is 5.34. The van der Waals surface area contributed by atoms with E-state index in [1.165, 1.54) is 0 Å². The highest BCUT2D eigenvalue weighted by molar-refractivity contribution is 5.99. The van der Waals surface area contributed by atoms with Crippen molar-refractivity contribution in [3.63, 3.8) is 0 Å². The third-order valence-electron chi connectivity index (χ3n) is 4.46. The average molecular weight is 289 g/mol. The molecule has 0 unspecified atom stereocenters. The third kappa shape index (κ3) is 3.24. The number of rotatable bonds is 5. The molecule has 21 heavy (non-hydrogen) atoms. The summed E-state index contributed by atoms with van der Waals surface area (Å²) in [5, 5.41) is 5.51. The van der Waals surface area contributed by atoms with Gasteiger partial charge in [0, 0.05) is 24.7 Å². The molecule has 0 spiro atoms. The molecule has 0 aromatic heterocycles. The molecule has 1 aromatic carbocycles. The summed E-state index contributed by atoms with van der Waals surface area (Å²) in [6.45, 7) is 2.39. The van der Waals surface area contributed by atoms with E-state index >= 15 is 0 Å². The van der Waals surface area contributed by atoms with Gasteiger partial charge in [0.15, 0.2) is 0 Å². The molecule has 0 saturated heterocycles. The number of hydrogen-bond acceptors (Lipinski definition) is 3. The van der Waals surface area contributed by atoms with Crippen LogP contribution in [0.4, 0.5) is 5.69 Å². The van der Waals surface area contributed by atoms with E-state index in [-0.39, 0.29) is 17.2 Å². The maximum absolute atomic E-state index is 12.2. The van der Waals surface area contributed by atoms with E-state index in [4.69, 9.17) is 5.73 Å². The normalized spacial score (nSPS) is 16.0. The van der Waals surface area contributed by atoms with Crippen LogP contribution in [0.1, 0.15) is 41.6 Å². The van der Waals surface area contributed by atoms with Gasteiger partial charge in [0.25, 0.3) is 5.91 Å². The summed E-state index contributed by atoms with van der Waals surface area (Å²) < 4.78 is 0. The molecule has 1 fully saturated rings. The molecule has 1 aromatic rings. The lowest BCUT2D eigenvalue weighted by Crippen LogP contribution is -2.40. The van der Waals surface area contributed by atoms with Crippen LogP contribution < -0.4 is 16.4 Å². The smallest absolute Gasteiger partial charge is 0.251 e. The number of carbonyl (C=O) groups is 2. The van der Waals surface area contributed by atoms with Gasteiger partial charge in [0.05, 0.1) is 0 Å². The SMILES string of the molecule is CNC(=O)c1cccc(NC(=O)CC2(CN)CCC2)c1C. The summed E-state index contributed by atoms with van der Waals surface area (Å²) >= 11 is 0. The Morgan fingerprint density at radius 3 is 2.57 bits per heavy atom. The molecule has 1 aliphatic rings. The van der Waals surface area contributed by atoms with Gasteiger partial charge in [0.2, 0.25) is 5.91 Å². The Hall–Kier alpha value is -1.88. The number of hydrogen-bond donors (Lipinski definition) is 3. The number of benzene rings is 1. The molecule has 0 atom stereocenters. The van der Waals surface area contributed by atoms with Crippen LogP contribution in [0.15, 0.2) is 18.2 Å². The second kappa shape index (κ2) is 6.26. The standard InChI is InChI=1S/C16H23N3O2/c1-11-12(15(21)18-2)5-3-6-13(11)19-14(20)9-16(10-17)7-4-8-16/h3,5-6H,4,7-10,17H2,1-2H3,(H,18,21)(H,19,20). The Morgan fingerprint density at radius 2 is 2.05 bits per heavy atom. The fraction of sp³-hybridized carbons (Fsp3) is 0.500. The molecule has 1 saturated carbocycles. The second-order valence-electron chi connectivity index (χ2n) is 5.84. The fourth-order valence-corrected chi connectivity index (χ4v) is 2.82. The van der Waals surface area contributed by atoms with Gasteiger partial charge >= 0.3 is 0 Å². The van der Waals surface area contributed by atoms with Crippen molar-refractivity contribution < 1.29 is 9.59 Å². The summed E-state index contributed by atoms with van der Waals surface area (Å²) in [4.78, 5) is 24.0. The van der Waals surface area contributed by atoms with Crippen LogP contribution in [0.25, 0.3) is 0 Å². The molecule has 0 heterocycles. The number of nitrogens with two attached hydrogens (primary N) is 1. The first-order chi connectivity index (χ1) is 10.0. The summed E-state index contributed by atoms with van der Waals surface area (Å²) in [6.07, 6.45) is 3.64. The number of anilines is 1. The maximum atomic E-state index is 12.2. The minimum Gasteiger partial charge on any atom is -0.355 e. The molecule has 0 aliphatic heterocycles. The second-order valence-corrected chi connectivity index (χ2v) is 5.84. The summed E-state index contributed by atoms with van der Waals surface area (Å²) in [5.74, 6) is -0.182. The van der Waals surface area contributed by atoms with Crippen LogP contribution in [0.2, 0.25) is 0 Å². The highest BCUT2D eigenvalue weighted by Crippen LogP contribution is 2.43. The number of amides is 2. The first-order valence-corrected chi connectivity index (χ1v) is 7.33. The Balaban J connectivity index is 2.09. The van der Waals surface area contributed by atoms with Gasteiger partial charge in [-0.15, -0.1) is 0 Å². The number of carbonyl (C=O) groups excluding carboxylic acids is 2. The van der Waals surface area contributed by atoms with E-state index in [0.29, 0.717) is 24.2 Å². The first-order valence-electron chi connectivity index (χ1n) is 7.33. The molecule has 2 amide bonds. The van der Waals surface area contributed by atoms with Gasteiger partial charge in [-0.25, -0.2) is 0 Å². The van der Waals surface area contributed by atoms with Crippen molar-refractivity contribution in [3.8, 4) is 0 Å². The molecule has 1 aliphatic carbocycles. The van der Waals surface area contributed by atoms with Crippen molar-refractivity contribution in [2.45, 2.75) is 32.6 Å². The van der Waals surface area contributed by atoms with E-state index in [1.54, 1.807) is 19.2 Å². The zero-order valence-corrected chi connectivity index (χ0v) is 12.7. The molecule has 5 nitrogen and oxygen atoms in total. The molecular weight excluding hydrogens is 266 g/mol. The Morgan fingerprint density at radius 1 is 1.33 bits per heavy atom. The van der Waals surface area contributed by atoms with Crippen LogP contribution in [-0.4, -0.2) is 25.4 Å². The van der Waals surface area contributed by atoms with E-state index in [1.807, 2.05) is 13.0 Å². The van der Waals surface area contributed by atoms with Gasteiger partial charge in [-0.2, -0.15) is 0 Å². The van der Waals surface area contributed by atoms with Crippen molar-refractivity contribution >= 4 is 17.5 Å². The van der Waals surface area contributed by atoms with Crippen molar-refractivity contribution in [2.75, 3.05) is 18.9 Å². The van der Waals surface area contributed by atoms with Gasteiger partial charge < -0.3 is 16.4 Å². The third-order valence-corrected chi connectivity index (χ3v) is 4.46. The molecular formula is C16H23N3O2. The van der Waals surface area contributed by atoms with Crippen molar-refractivity contribution in [3.05, 3.63) is 29.3 Å². The molecule has 4 N–H and O–H groups in total. The maximum Gasteiger partial charge on any atom is 0.251 e.